The first-order chi connectivity index (χ1) is 14.3. The van der Waals surface area contributed by atoms with Crippen LogP contribution in [-0.2, 0) is 33.5 Å². The number of benzene rings is 2. The molecule has 1 saturated heterocycles. The second-order valence-corrected chi connectivity index (χ2v) is 11.1. The molecule has 0 aromatic heterocycles. The molecule has 1 fully saturated rings. The highest BCUT2D eigenvalue weighted by molar-refractivity contribution is 9.10. The Labute approximate surface area is 187 Å². The van der Waals surface area contributed by atoms with Gasteiger partial charge in [-0.2, -0.15) is 0 Å². The van der Waals surface area contributed by atoms with E-state index < -0.39 is 21.5 Å². The Hall–Kier alpha value is -1.70. The predicted octanol–water partition coefficient (Wildman–Crippen LogP) is 3.91. The van der Waals surface area contributed by atoms with Crippen LogP contribution in [0, 0.1) is 5.92 Å². The molecule has 0 unspecified atom stereocenters. The molecule has 0 saturated carbocycles. The lowest BCUT2D eigenvalue weighted by molar-refractivity contribution is -0.118. The smallest absolute Gasteiger partial charge is 0.235 e. The van der Waals surface area contributed by atoms with E-state index in [0.717, 1.165) is 35.6 Å². The number of sulfone groups is 1. The van der Waals surface area contributed by atoms with Crippen molar-refractivity contribution in [2.24, 2.45) is 5.92 Å². The number of hydrogen-bond donors (Lipinski definition) is 1. The third-order valence-electron chi connectivity index (χ3n) is 5.49. The molecule has 2 aromatic rings. The molecular formula is C23H29BrN2O3S. The van der Waals surface area contributed by atoms with Crippen molar-refractivity contribution < 1.29 is 13.2 Å². The maximum Gasteiger partial charge on any atom is 0.235 e. The van der Waals surface area contributed by atoms with Crippen LogP contribution in [0.1, 0.15) is 36.5 Å². The van der Waals surface area contributed by atoms with Crippen molar-refractivity contribution in [1.82, 2.24) is 10.2 Å². The van der Waals surface area contributed by atoms with Gasteiger partial charge in [-0.1, -0.05) is 59.3 Å². The van der Waals surface area contributed by atoms with Crippen LogP contribution in [0.3, 0.4) is 0 Å². The topological polar surface area (TPSA) is 66.5 Å². The monoisotopic (exact) mass is 492 g/mol. The van der Waals surface area contributed by atoms with Crippen molar-refractivity contribution in [3.8, 4) is 0 Å². The Bertz CT molecular complexity index is 970. The number of carbonyl (C=O) groups is 1. The Morgan fingerprint density at radius 1 is 1.10 bits per heavy atom. The summed E-state index contributed by atoms with van der Waals surface area (Å²) in [5.74, 6) is -0.337. The number of amides is 1. The Kier molecular flexibility index (Phi) is 8.08. The van der Waals surface area contributed by atoms with Crippen molar-refractivity contribution in [2.45, 2.75) is 38.6 Å². The molecule has 1 N–H and O–H groups in total. The van der Waals surface area contributed by atoms with Gasteiger partial charge in [-0.05, 0) is 60.7 Å². The lowest BCUT2D eigenvalue weighted by atomic mass is 9.98. The molecule has 2 aromatic carbocycles. The zero-order valence-corrected chi connectivity index (χ0v) is 19.7. The van der Waals surface area contributed by atoms with Crippen LogP contribution >= 0.6 is 15.9 Å². The summed E-state index contributed by atoms with van der Waals surface area (Å²) in [6, 6.07) is 15.2. The number of likely N-dealkylation sites (tertiary alicyclic amines) is 1. The molecule has 1 amide bonds. The van der Waals surface area contributed by atoms with Crippen molar-refractivity contribution in [3.63, 3.8) is 0 Å². The zero-order chi connectivity index (χ0) is 21.6. The molecule has 0 atom stereocenters. The van der Waals surface area contributed by atoms with Gasteiger partial charge in [-0.3, -0.25) is 9.69 Å². The number of halogens is 1. The number of piperidine rings is 1. The van der Waals surface area contributed by atoms with E-state index in [0.29, 0.717) is 12.1 Å². The quantitative estimate of drug-likeness (QED) is 0.606. The zero-order valence-electron chi connectivity index (χ0n) is 17.3. The summed E-state index contributed by atoms with van der Waals surface area (Å²) < 4.78 is 25.6. The first kappa shape index (κ1) is 23.0. The number of carbonyl (C=O) groups excluding carboxylic acids is 1. The predicted molar refractivity (Wildman–Crippen MR) is 124 cm³/mol. The summed E-state index contributed by atoms with van der Waals surface area (Å²) in [7, 11) is -3.53. The number of nitrogens with zero attached hydrogens (tertiary/aromatic N) is 1. The average Bonchev–Trinajstić information content (AvgIpc) is 2.68. The van der Waals surface area contributed by atoms with Gasteiger partial charge in [-0.25, -0.2) is 8.42 Å². The fourth-order valence-electron chi connectivity index (χ4n) is 3.72. The van der Waals surface area contributed by atoms with E-state index in [9.17, 15) is 13.2 Å². The molecular weight excluding hydrogens is 464 g/mol. The highest BCUT2D eigenvalue weighted by Gasteiger charge is 2.19. The van der Waals surface area contributed by atoms with Crippen LogP contribution in [0.25, 0.3) is 0 Å². The first-order valence-electron chi connectivity index (χ1n) is 10.3. The van der Waals surface area contributed by atoms with Crippen LogP contribution < -0.4 is 5.32 Å². The maximum atomic E-state index is 12.4. The number of nitrogens with one attached hydrogen (secondary N) is 1. The second-order valence-electron chi connectivity index (χ2n) is 8.17. The van der Waals surface area contributed by atoms with Crippen molar-refractivity contribution >= 4 is 31.7 Å². The molecule has 1 aliphatic rings. The van der Waals surface area contributed by atoms with Gasteiger partial charge < -0.3 is 5.32 Å². The minimum atomic E-state index is -3.53. The molecule has 162 valence electrons. The summed E-state index contributed by atoms with van der Waals surface area (Å²) in [6.07, 6.45) is 2.43. The van der Waals surface area contributed by atoms with Crippen LogP contribution in [-0.4, -0.2) is 38.1 Å². The van der Waals surface area contributed by atoms with E-state index >= 15 is 0 Å². The van der Waals surface area contributed by atoms with Crippen LogP contribution in [0.5, 0.6) is 0 Å². The maximum absolute atomic E-state index is 12.4. The second kappa shape index (κ2) is 10.6. The normalized spacial score (nSPS) is 15.8. The molecule has 0 spiro atoms. The summed E-state index contributed by atoms with van der Waals surface area (Å²) >= 11 is 3.34. The van der Waals surface area contributed by atoms with Crippen LogP contribution in [0.15, 0.2) is 53.0 Å². The van der Waals surface area contributed by atoms with Gasteiger partial charge in [0.2, 0.25) is 5.91 Å². The van der Waals surface area contributed by atoms with Gasteiger partial charge in [-0.15, -0.1) is 0 Å². The van der Waals surface area contributed by atoms with Gasteiger partial charge in [0, 0.05) is 17.6 Å². The fourth-order valence-corrected chi connectivity index (χ4v) is 5.46. The molecule has 1 aliphatic heterocycles. The third kappa shape index (κ3) is 7.22. The fraction of sp³-hybridized carbons (Fsp3) is 0.435. The van der Waals surface area contributed by atoms with E-state index in [1.54, 1.807) is 18.2 Å². The molecule has 1 heterocycles. The van der Waals surface area contributed by atoms with E-state index in [1.807, 2.05) is 24.3 Å². The number of rotatable bonds is 8. The summed E-state index contributed by atoms with van der Waals surface area (Å²) in [5.41, 5.74) is 2.89. The summed E-state index contributed by atoms with van der Waals surface area (Å²) in [5, 5.41) is 2.79. The Morgan fingerprint density at radius 2 is 1.80 bits per heavy atom. The van der Waals surface area contributed by atoms with Crippen molar-refractivity contribution in [1.29, 1.82) is 0 Å². The molecule has 0 aliphatic carbocycles. The average molecular weight is 493 g/mol. The van der Waals surface area contributed by atoms with Crippen molar-refractivity contribution in [2.75, 3.05) is 18.8 Å². The third-order valence-corrected chi connectivity index (χ3v) is 7.46. The van der Waals surface area contributed by atoms with Gasteiger partial charge in [0.1, 0.15) is 5.75 Å². The molecule has 7 heteroatoms. The lowest BCUT2D eigenvalue weighted by Gasteiger charge is -2.30. The van der Waals surface area contributed by atoms with Crippen LogP contribution in [0.2, 0.25) is 0 Å². The minimum Gasteiger partial charge on any atom is -0.351 e. The largest absolute Gasteiger partial charge is 0.351 e. The highest BCUT2D eigenvalue weighted by atomic mass is 79.9. The molecule has 0 radical (unpaired) electrons. The SMILES string of the molecule is CC1CCN(Cc2ccccc2CNC(=O)CS(=O)(=O)Cc2cccc(Br)c2)CC1. The number of hydrogen-bond acceptors (Lipinski definition) is 4. The van der Waals surface area contributed by atoms with Gasteiger partial charge >= 0.3 is 0 Å². The standard InChI is InChI=1S/C23H29BrN2O3S/c1-18-9-11-26(12-10-18)15-21-7-3-2-6-20(21)14-25-23(27)17-30(28,29)16-19-5-4-8-22(24)13-19/h2-8,13,18H,9-12,14-17H2,1H3,(H,25,27). The molecule has 30 heavy (non-hydrogen) atoms. The Balaban J connectivity index is 1.54. The first-order valence-corrected chi connectivity index (χ1v) is 12.9. The lowest BCUT2D eigenvalue weighted by Crippen LogP contribution is -2.33. The van der Waals surface area contributed by atoms with E-state index in [1.165, 1.54) is 18.4 Å². The summed E-state index contributed by atoms with van der Waals surface area (Å²) in [6.45, 7) is 5.68. The van der Waals surface area contributed by atoms with Crippen molar-refractivity contribution in [3.05, 3.63) is 69.7 Å². The van der Waals surface area contributed by atoms with E-state index in [4.69, 9.17) is 0 Å². The van der Waals surface area contributed by atoms with Gasteiger partial charge in [0.25, 0.3) is 0 Å². The minimum absolute atomic E-state index is 0.149. The summed E-state index contributed by atoms with van der Waals surface area (Å²) in [4.78, 5) is 14.8. The van der Waals surface area contributed by atoms with Crippen LogP contribution in [0.4, 0.5) is 0 Å². The van der Waals surface area contributed by atoms with Gasteiger partial charge in [0.05, 0.1) is 5.75 Å². The van der Waals surface area contributed by atoms with E-state index in [-0.39, 0.29) is 5.75 Å². The van der Waals surface area contributed by atoms with E-state index in [2.05, 4.69) is 39.1 Å². The highest BCUT2D eigenvalue weighted by Crippen LogP contribution is 2.20. The molecule has 3 rings (SSSR count). The molecule has 5 nitrogen and oxygen atoms in total. The molecule has 0 bridgehead atoms. The Morgan fingerprint density at radius 3 is 2.50 bits per heavy atom. The van der Waals surface area contributed by atoms with Gasteiger partial charge in [0.15, 0.2) is 9.84 Å².